The third kappa shape index (κ3) is 3.98. The van der Waals surface area contributed by atoms with Crippen molar-refractivity contribution in [3.63, 3.8) is 0 Å². The van der Waals surface area contributed by atoms with Crippen LogP contribution in [0.25, 0.3) is 11.0 Å². The molecule has 8 nitrogen and oxygen atoms in total. The molecule has 1 aliphatic heterocycles. The molecular formula is C15H20N4O4. The fourth-order valence-corrected chi connectivity index (χ4v) is 2.85. The van der Waals surface area contributed by atoms with Gasteiger partial charge in [-0.1, -0.05) is 12.1 Å². The summed E-state index contributed by atoms with van der Waals surface area (Å²) < 4.78 is 1.95. The molecule has 1 fully saturated rings. The maximum absolute atomic E-state index is 10.5. The smallest absolute Gasteiger partial charge is 0.448 e. The number of aliphatic hydroxyl groups excluding tert-OH is 1. The molecule has 1 unspecified atom stereocenters. The molecule has 1 saturated heterocycles. The van der Waals surface area contributed by atoms with E-state index < -0.39 is 12.3 Å². The Kier molecular flexibility index (Phi) is 4.75. The Balaban J connectivity index is 1.50. The molecule has 1 aromatic carbocycles. The van der Waals surface area contributed by atoms with Gasteiger partial charge in [-0.3, -0.25) is 4.90 Å². The minimum absolute atomic E-state index is 0.479. The largest absolute Gasteiger partial charge is 0.525 e. The minimum Gasteiger partial charge on any atom is -0.448 e. The maximum atomic E-state index is 10.5. The molecule has 124 valence electrons. The Bertz CT molecular complexity index is 666. The Morgan fingerprint density at radius 1 is 1.22 bits per heavy atom. The molecule has 0 radical (unpaired) electrons. The molecule has 3 rings (SSSR count). The van der Waals surface area contributed by atoms with Gasteiger partial charge in [-0.05, 0) is 12.1 Å². The monoisotopic (exact) mass is 320 g/mol. The van der Waals surface area contributed by atoms with Gasteiger partial charge in [0.15, 0.2) is 0 Å². The Hall–Kier alpha value is -2.16. The van der Waals surface area contributed by atoms with Crippen LogP contribution in [0.15, 0.2) is 30.6 Å². The molecule has 0 saturated carbocycles. The zero-order chi connectivity index (χ0) is 16.2. The number of benzene rings is 1. The highest BCUT2D eigenvalue weighted by Gasteiger charge is 2.21. The van der Waals surface area contributed by atoms with Crippen LogP contribution in [0.1, 0.15) is 0 Å². The summed E-state index contributed by atoms with van der Waals surface area (Å²) in [6.07, 6.45) is -0.0583. The number of aromatic nitrogens is 2. The van der Waals surface area contributed by atoms with Crippen LogP contribution in [0.5, 0.6) is 0 Å². The molecule has 0 spiro atoms. The van der Waals surface area contributed by atoms with Gasteiger partial charge in [-0.25, -0.2) is 9.78 Å². The molecule has 23 heavy (non-hydrogen) atoms. The van der Waals surface area contributed by atoms with Crippen molar-refractivity contribution in [1.29, 1.82) is 0 Å². The van der Waals surface area contributed by atoms with Crippen LogP contribution in [-0.4, -0.2) is 74.7 Å². The first kappa shape index (κ1) is 15.7. The molecule has 1 atom stereocenters. The van der Waals surface area contributed by atoms with E-state index in [0.29, 0.717) is 39.3 Å². The molecule has 0 amide bonds. The van der Waals surface area contributed by atoms with Crippen LogP contribution in [0, 0.1) is 0 Å². The number of hydrogen-bond donors (Lipinski definition) is 2. The lowest BCUT2D eigenvalue weighted by Crippen LogP contribution is -2.49. The number of fused-ring (bicyclic) bond motifs is 1. The number of carboxylic acid groups (broad SMARTS) is 1. The highest BCUT2D eigenvalue weighted by molar-refractivity contribution is 5.74. The molecule has 2 aromatic rings. The molecular weight excluding hydrogens is 300 g/mol. The SMILES string of the molecule is O=C(O)ON1CCN(CC(O)Cn2cnc3ccccc32)CC1. The zero-order valence-corrected chi connectivity index (χ0v) is 12.7. The van der Waals surface area contributed by atoms with Gasteiger partial charge in [0.05, 0.1) is 30.0 Å². The first-order valence-electron chi connectivity index (χ1n) is 7.58. The number of piperazine rings is 1. The lowest BCUT2D eigenvalue weighted by molar-refractivity contribution is -0.141. The molecule has 2 heterocycles. The summed E-state index contributed by atoms with van der Waals surface area (Å²) >= 11 is 0. The highest BCUT2D eigenvalue weighted by atomic mass is 16.8. The number of hydroxylamine groups is 2. The van der Waals surface area contributed by atoms with E-state index in [9.17, 15) is 9.90 Å². The predicted octanol–water partition coefficient (Wildman–Crippen LogP) is 0.624. The molecule has 8 heteroatoms. The lowest BCUT2D eigenvalue weighted by atomic mass is 10.2. The van der Waals surface area contributed by atoms with E-state index in [1.165, 1.54) is 5.06 Å². The van der Waals surface area contributed by atoms with Crippen LogP contribution in [-0.2, 0) is 11.4 Å². The van der Waals surface area contributed by atoms with E-state index in [1.54, 1.807) is 6.33 Å². The number of nitrogens with zero attached hydrogens (tertiary/aromatic N) is 4. The van der Waals surface area contributed by atoms with Gasteiger partial charge in [0.1, 0.15) is 0 Å². The van der Waals surface area contributed by atoms with Gasteiger partial charge in [0.25, 0.3) is 0 Å². The first-order valence-corrected chi connectivity index (χ1v) is 7.58. The van der Waals surface area contributed by atoms with Crippen molar-refractivity contribution in [2.75, 3.05) is 32.7 Å². The van der Waals surface area contributed by atoms with E-state index in [2.05, 4.69) is 14.7 Å². The summed E-state index contributed by atoms with van der Waals surface area (Å²) in [4.78, 5) is 21.5. The van der Waals surface area contributed by atoms with Crippen molar-refractivity contribution in [3.8, 4) is 0 Å². The summed E-state index contributed by atoms with van der Waals surface area (Å²) in [7, 11) is 0. The second kappa shape index (κ2) is 6.95. The molecule has 1 aliphatic rings. The lowest BCUT2D eigenvalue weighted by Gasteiger charge is -2.33. The van der Waals surface area contributed by atoms with Crippen LogP contribution < -0.4 is 0 Å². The Morgan fingerprint density at radius 3 is 2.70 bits per heavy atom. The van der Waals surface area contributed by atoms with Gasteiger partial charge in [-0.2, -0.15) is 0 Å². The standard InChI is InChI=1S/C15H20N4O4/c20-12(9-17-5-7-19(8-6-17)23-15(21)22)10-18-11-16-13-3-1-2-4-14(13)18/h1-4,11-12,20H,5-10H2,(H,21,22). The fourth-order valence-electron chi connectivity index (χ4n) is 2.85. The van der Waals surface area contributed by atoms with Crippen molar-refractivity contribution in [2.45, 2.75) is 12.6 Å². The summed E-state index contributed by atoms with van der Waals surface area (Å²) in [5.74, 6) is 0. The molecule has 2 N–H and O–H groups in total. The van der Waals surface area contributed by atoms with Crippen LogP contribution in [0.3, 0.4) is 0 Å². The normalized spacial score (nSPS) is 18.1. The number of rotatable bonds is 5. The van der Waals surface area contributed by atoms with Crippen molar-refractivity contribution < 1.29 is 19.8 Å². The van der Waals surface area contributed by atoms with Crippen LogP contribution in [0.2, 0.25) is 0 Å². The van der Waals surface area contributed by atoms with Crippen LogP contribution >= 0.6 is 0 Å². The molecule has 0 aliphatic carbocycles. The van der Waals surface area contributed by atoms with Crippen LogP contribution in [0.4, 0.5) is 4.79 Å². The maximum Gasteiger partial charge on any atom is 0.525 e. The van der Waals surface area contributed by atoms with E-state index in [-0.39, 0.29) is 0 Å². The summed E-state index contributed by atoms with van der Waals surface area (Å²) in [6, 6.07) is 7.82. The third-order valence-electron chi connectivity index (χ3n) is 3.94. The van der Waals surface area contributed by atoms with Crippen molar-refractivity contribution >= 4 is 17.2 Å². The average molecular weight is 320 g/mol. The quantitative estimate of drug-likeness (QED) is 0.834. The summed E-state index contributed by atoms with van der Waals surface area (Å²) in [5.41, 5.74) is 1.92. The second-order valence-corrected chi connectivity index (χ2v) is 5.63. The Labute approximate surface area is 133 Å². The zero-order valence-electron chi connectivity index (χ0n) is 12.7. The van der Waals surface area contributed by atoms with Gasteiger partial charge in [0, 0.05) is 32.7 Å². The summed E-state index contributed by atoms with van der Waals surface area (Å²) in [5, 5.41) is 20.3. The number of para-hydroxylation sites is 2. The average Bonchev–Trinajstić information content (AvgIpc) is 2.92. The number of hydrogen-bond acceptors (Lipinski definition) is 6. The van der Waals surface area contributed by atoms with Crippen molar-refractivity contribution in [3.05, 3.63) is 30.6 Å². The molecule has 0 bridgehead atoms. The minimum atomic E-state index is -1.29. The number of carbonyl (C=O) groups is 1. The third-order valence-corrected chi connectivity index (χ3v) is 3.94. The van der Waals surface area contributed by atoms with Crippen molar-refractivity contribution in [2.24, 2.45) is 0 Å². The van der Waals surface area contributed by atoms with Gasteiger partial charge in [0.2, 0.25) is 0 Å². The van der Waals surface area contributed by atoms with Crippen molar-refractivity contribution in [1.82, 2.24) is 19.5 Å². The molecule has 1 aromatic heterocycles. The fraction of sp³-hybridized carbons (Fsp3) is 0.467. The first-order chi connectivity index (χ1) is 11.1. The van der Waals surface area contributed by atoms with Gasteiger partial charge < -0.3 is 19.6 Å². The topological polar surface area (TPSA) is 91.1 Å². The number of imidazole rings is 1. The highest BCUT2D eigenvalue weighted by Crippen LogP contribution is 2.13. The Morgan fingerprint density at radius 2 is 1.96 bits per heavy atom. The van der Waals surface area contributed by atoms with E-state index >= 15 is 0 Å². The van der Waals surface area contributed by atoms with E-state index in [0.717, 1.165) is 11.0 Å². The number of β-amino-alcohol motifs (C(OH)–C–C–N with tert-alkyl or cyclic N) is 1. The van der Waals surface area contributed by atoms with Gasteiger partial charge in [-0.15, -0.1) is 5.06 Å². The number of aliphatic hydroxyl groups is 1. The predicted molar refractivity (Wildman–Crippen MR) is 82.9 cm³/mol. The van der Waals surface area contributed by atoms with E-state index in [4.69, 9.17) is 5.11 Å². The van der Waals surface area contributed by atoms with Gasteiger partial charge >= 0.3 is 6.16 Å². The second-order valence-electron chi connectivity index (χ2n) is 5.63. The summed E-state index contributed by atoms with van der Waals surface area (Å²) in [6.45, 7) is 3.35. The van der Waals surface area contributed by atoms with E-state index in [1.807, 2.05) is 28.8 Å².